The minimum absolute atomic E-state index is 0.0732. The molecule has 0 spiro atoms. The van der Waals surface area contributed by atoms with Crippen molar-refractivity contribution in [1.29, 1.82) is 0 Å². The lowest BCUT2D eigenvalue weighted by Gasteiger charge is -2.40. The van der Waals surface area contributed by atoms with Crippen LogP contribution in [0.1, 0.15) is 6.92 Å². The van der Waals surface area contributed by atoms with Crippen molar-refractivity contribution in [2.45, 2.75) is 13.0 Å². The van der Waals surface area contributed by atoms with Crippen LogP contribution in [0.5, 0.6) is 5.75 Å². The fraction of sp³-hybridized carbons (Fsp3) is 0.200. The highest BCUT2D eigenvalue weighted by Crippen LogP contribution is 2.42. The molecule has 0 bridgehead atoms. The number of ether oxygens (including phenoxy) is 1. The van der Waals surface area contributed by atoms with Gasteiger partial charge in [0.15, 0.2) is 5.82 Å². The van der Waals surface area contributed by atoms with Gasteiger partial charge in [0.1, 0.15) is 29.2 Å². The summed E-state index contributed by atoms with van der Waals surface area (Å²) >= 11 is 6.48. The summed E-state index contributed by atoms with van der Waals surface area (Å²) in [5.74, 6) is -2.48. The fourth-order valence-corrected chi connectivity index (χ4v) is 4.46. The highest BCUT2D eigenvalue weighted by atomic mass is 35.5. The first-order valence-electron chi connectivity index (χ1n) is 10.7. The molecule has 0 radical (unpaired) electrons. The van der Waals surface area contributed by atoms with E-state index in [-0.39, 0.29) is 39.4 Å². The van der Waals surface area contributed by atoms with E-state index in [1.165, 1.54) is 30.6 Å². The molecule has 1 atom stereocenters. The molecule has 1 aliphatic rings. The van der Waals surface area contributed by atoms with Crippen LogP contribution in [0, 0.1) is 11.6 Å². The maximum atomic E-state index is 15.8. The van der Waals surface area contributed by atoms with E-state index < -0.39 is 17.6 Å². The van der Waals surface area contributed by atoms with Gasteiger partial charge in [-0.2, -0.15) is 0 Å². The minimum Gasteiger partial charge on any atom is -0.423 e. The number of esters is 1. The number of hydrogen-bond donors (Lipinski definition) is 0. The molecule has 0 N–H and O–H groups in total. The molecule has 2 aromatic carbocycles. The Hall–Kier alpha value is -3.85. The van der Waals surface area contributed by atoms with Crippen molar-refractivity contribution in [3.8, 4) is 16.9 Å². The van der Waals surface area contributed by atoms with E-state index in [0.717, 1.165) is 12.1 Å². The molecule has 1 amide bonds. The molecular formula is C25H21ClF2N4O3. The Morgan fingerprint density at radius 1 is 1.17 bits per heavy atom. The average molecular weight is 499 g/mol. The number of hydrogen-bond acceptors (Lipinski definition) is 6. The van der Waals surface area contributed by atoms with Gasteiger partial charge in [0, 0.05) is 42.7 Å². The summed E-state index contributed by atoms with van der Waals surface area (Å²) in [6.07, 6.45) is 3.40. The van der Waals surface area contributed by atoms with Crippen LogP contribution in [0.4, 0.5) is 14.6 Å². The zero-order valence-corrected chi connectivity index (χ0v) is 19.6. The van der Waals surface area contributed by atoms with Crippen LogP contribution in [-0.2, 0) is 9.59 Å². The molecule has 1 unspecified atom stereocenters. The number of aromatic nitrogens is 2. The Labute approximate surface area is 205 Å². The van der Waals surface area contributed by atoms with Crippen molar-refractivity contribution in [3.63, 3.8) is 0 Å². The summed E-state index contributed by atoms with van der Waals surface area (Å²) in [6.45, 7) is 10.1. The molecule has 10 heteroatoms. The molecule has 4 rings (SSSR count). The SMILES string of the molecule is C=CC(=O)Oc1cccc(F)c1-c1c(Cl)cc2c(N3CCN(C(=O)C=C)C(C)C3)ncnc2c1F. The van der Waals surface area contributed by atoms with Crippen molar-refractivity contribution in [2.75, 3.05) is 24.5 Å². The molecule has 1 aromatic heterocycles. The van der Waals surface area contributed by atoms with Crippen LogP contribution in [0.3, 0.4) is 0 Å². The summed E-state index contributed by atoms with van der Waals surface area (Å²) in [5, 5.41) is 0.219. The molecule has 7 nitrogen and oxygen atoms in total. The third-order valence-electron chi connectivity index (χ3n) is 5.79. The topological polar surface area (TPSA) is 75.6 Å². The number of halogens is 3. The van der Waals surface area contributed by atoms with Crippen LogP contribution in [0.15, 0.2) is 55.9 Å². The number of anilines is 1. The predicted octanol–water partition coefficient (Wildman–Crippen LogP) is 4.54. The largest absolute Gasteiger partial charge is 0.423 e. The predicted molar refractivity (Wildman–Crippen MR) is 129 cm³/mol. The van der Waals surface area contributed by atoms with E-state index in [2.05, 4.69) is 23.1 Å². The van der Waals surface area contributed by atoms with Crippen molar-refractivity contribution in [1.82, 2.24) is 14.9 Å². The monoisotopic (exact) mass is 498 g/mol. The lowest BCUT2D eigenvalue weighted by Crippen LogP contribution is -2.54. The number of benzene rings is 2. The van der Waals surface area contributed by atoms with Gasteiger partial charge < -0.3 is 14.5 Å². The first kappa shape index (κ1) is 24.3. The van der Waals surface area contributed by atoms with Gasteiger partial charge in [-0.3, -0.25) is 4.79 Å². The minimum atomic E-state index is -0.884. The molecule has 35 heavy (non-hydrogen) atoms. The highest BCUT2D eigenvalue weighted by molar-refractivity contribution is 6.34. The molecule has 1 aliphatic heterocycles. The van der Waals surface area contributed by atoms with Crippen LogP contribution < -0.4 is 9.64 Å². The summed E-state index contributed by atoms with van der Waals surface area (Å²) in [6, 6.07) is 5.09. The van der Waals surface area contributed by atoms with Crippen LogP contribution in [-0.4, -0.2) is 52.4 Å². The van der Waals surface area contributed by atoms with Crippen LogP contribution >= 0.6 is 11.6 Å². The van der Waals surface area contributed by atoms with Crippen molar-refractivity contribution in [3.05, 3.63) is 72.6 Å². The molecule has 2 heterocycles. The molecule has 3 aromatic rings. The van der Waals surface area contributed by atoms with E-state index >= 15 is 4.39 Å². The second-order valence-electron chi connectivity index (χ2n) is 7.91. The Kier molecular flexibility index (Phi) is 6.79. The van der Waals surface area contributed by atoms with Gasteiger partial charge in [0.05, 0.1) is 10.6 Å². The van der Waals surface area contributed by atoms with Gasteiger partial charge in [-0.05, 0) is 31.2 Å². The highest BCUT2D eigenvalue weighted by Gasteiger charge is 2.29. The zero-order chi connectivity index (χ0) is 25.3. The van der Waals surface area contributed by atoms with Gasteiger partial charge in [0.2, 0.25) is 5.91 Å². The molecule has 0 aliphatic carbocycles. The number of fused-ring (bicyclic) bond motifs is 1. The second kappa shape index (κ2) is 9.79. The zero-order valence-electron chi connectivity index (χ0n) is 18.8. The third kappa shape index (κ3) is 4.46. The maximum absolute atomic E-state index is 15.8. The standard InChI is InChI=1S/C25H21ClF2N4O3/c1-4-19(33)32-10-9-31(12-14(32)3)25-15-11-16(26)21(23(28)24(15)29-13-30-25)22-17(27)7-6-8-18(22)35-20(34)5-2/h4-8,11,13-14H,1-2,9-10,12H2,3H3. The van der Waals surface area contributed by atoms with Gasteiger partial charge >= 0.3 is 5.97 Å². The van der Waals surface area contributed by atoms with E-state index in [1.807, 2.05) is 11.8 Å². The Morgan fingerprint density at radius 2 is 1.94 bits per heavy atom. The number of piperazine rings is 1. The average Bonchev–Trinajstić information content (AvgIpc) is 2.84. The quantitative estimate of drug-likeness (QED) is 0.292. The number of nitrogens with zero attached hydrogens (tertiary/aromatic N) is 4. The fourth-order valence-electron chi connectivity index (χ4n) is 4.17. The van der Waals surface area contributed by atoms with Crippen molar-refractivity contribution < 1.29 is 23.1 Å². The van der Waals surface area contributed by atoms with Crippen LogP contribution in [0.2, 0.25) is 5.02 Å². The molecule has 0 saturated carbocycles. The number of carbonyl (C=O) groups excluding carboxylic acids is 2. The van der Waals surface area contributed by atoms with E-state index in [9.17, 15) is 14.0 Å². The van der Waals surface area contributed by atoms with Crippen LogP contribution in [0.25, 0.3) is 22.0 Å². The Balaban J connectivity index is 1.81. The lowest BCUT2D eigenvalue weighted by atomic mass is 10.0. The van der Waals surface area contributed by atoms with E-state index in [4.69, 9.17) is 16.3 Å². The van der Waals surface area contributed by atoms with Gasteiger partial charge in [-0.25, -0.2) is 23.5 Å². The summed E-state index contributed by atoms with van der Waals surface area (Å²) in [4.78, 5) is 35.8. The number of amides is 1. The van der Waals surface area contributed by atoms with Gasteiger partial charge in [0.25, 0.3) is 0 Å². The molecule has 1 saturated heterocycles. The number of rotatable bonds is 5. The van der Waals surface area contributed by atoms with Crippen molar-refractivity contribution >= 4 is 40.2 Å². The molecule has 1 fully saturated rings. The second-order valence-corrected chi connectivity index (χ2v) is 8.32. The van der Waals surface area contributed by atoms with E-state index in [0.29, 0.717) is 30.8 Å². The molecular weight excluding hydrogens is 478 g/mol. The summed E-state index contributed by atoms with van der Waals surface area (Å²) < 4.78 is 35.8. The normalized spacial score (nSPS) is 15.7. The first-order chi connectivity index (χ1) is 16.8. The Morgan fingerprint density at radius 3 is 2.63 bits per heavy atom. The van der Waals surface area contributed by atoms with Crippen molar-refractivity contribution in [2.24, 2.45) is 0 Å². The maximum Gasteiger partial charge on any atom is 0.335 e. The lowest BCUT2D eigenvalue weighted by molar-refractivity contribution is -0.129. The number of carbonyl (C=O) groups is 2. The smallest absolute Gasteiger partial charge is 0.335 e. The molecule has 180 valence electrons. The van der Waals surface area contributed by atoms with Gasteiger partial charge in [-0.15, -0.1) is 0 Å². The van der Waals surface area contributed by atoms with E-state index in [1.54, 1.807) is 4.90 Å². The summed E-state index contributed by atoms with van der Waals surface area (Å²) in [5.41, 5.74) is -0.670. The van der Waals surface area contributed by atoms with Gasteiger partial charge in [-0.1, -0.05) is 30.8 Å². The summed E-state index contributed by atoms with van der Waals surface area (Å²) in [7, 11) is 0. The third-order valence-corrected chi connectivity index (χ3v) is 6.09. The first-order valence-corrected chi connectivity index (χ1v) is 11.1. The Bertz CT molecular complexity index is 1360.